The third-order valence-corrected chi connectivity index (χ3v) is 5.20. The molecule has 2 aliphatic heterocycles. The van der Waals surface area contributed by atoms with Gasteiger partial charge in [-0.15, -0.1) is 0 Å². The van der Waals surface area contributed by atoms with Crippen molar-refractivity contribution in [3.8, 4) is 0 Å². The summed E-state index contributed by atoms with van der Waals surface area (Å²) in [6.07, 6.45) is 5.89. The highest BCUT2D eigenvalue weighted by Crippen LogP contribution is 2.25. The van der Waals surface area contributed by atoms with Gasteiger partial charge in [0, 0.05) is 50.4 Å². The molecular formula is C19H30N6O. The highest BCUT2D eigenvalue weighted by molar-refractivity contribution is 5.80. The van der Waals surface area contributed by atoms with E-state index >= 15 is 0 Å². The van der Waals surface area contributed by atoms with Crippen molar-refractivity contribution in [2.75, 3.05) is 37.6 Å². The average molecular weight is 358 g/mol. The molecule has 0 bridgehead atoms. The van der Waals surface area contributed by atoms with Crippen LogP contribution < -0.4 is 16.0 Å². The number of primary amides is 1. The van der Waals surface area contributed by atoms with E-state index in [-0.39, 0.29) is 11.8 Å². The van der Waals surface area contributed by atoms with Crippen LogP contribution in [0.5, 0.6) is 0 Å². The number of nitrogens with two attached hydrogens (primary N) is 1. The molecule has 7 heteroatoms. The lowest BCUT2D eigenvalue weighted by Crippen LogP contribution is -2.40. The van der Waals surface area contributed by atoms with Gasteiger partial charge in [0.05, 0.1) is 6.54 Å². The molecule has 1 aromatic rings. The number of piperidine rings is 1. The van der Waals surface area contributed by atoms with Gasteiger partial charge in [-0.25, -0.2) is 9.98 Å². The summed E-state index contributed by atoms with van der Waals surface area (Å²) in [6.45, 7) is 7.36. The molecule has 142 valence electrons. The Morgan fingerprint density at radius 3 is 2.69 bits per heavy atom. The lowest BCUT2D eigenvalue weighted by Gasteiger charge is -2.32. The van der Waals surface area contributed by atoms with E-state index in [1.165, 1.54) is 12.8 Å². The van der Waals surface area contributed by atoms with E-state index in [1.54, 1.807) is 0 Å². The fraction of sp³-hybridized carbons (Fsp3) is 0.632. The van der Waals surface area contributed by atoms with Gasteiger partial charge in [0.2, 0.25) is 5.91 Å². The van der Waals surface area contributed by atoms with Gasteiger partial charge in [-0.05, 0) is 38.7 Å². The summed E-state index contributed by atoms with van der Waals surface area (Å²) in [5.74, 6) is 1.78. The lowest BCUT2D eigenvalue weighted by atomic mass is 9.96. The van der Waals surface area contributed by atoms with E-state index in [1.807, 2.05) is 12.3 Å². The third-order valence-electron chi connectivity index (χ3n) is 5.20. The summed E-state index contributed by atoms with van der Waals surface area (Å²) >= 11 is 0. The summed E-state index contributed by atoms with van der Waals surface area (Å²) in [4.78, 5) is 25.4. The summed E-state index contributed by atoms with van der Waals surface area (Å²) in [5.41, 5.74) is 6.57. The molecule has 2 aliphatic rings. The van der Waals surface area contributed by atoms with Gasteiger partial charge in [-0.1, -0.05) is 6.07 Å². The normalized spacial score (nSPS) is 19.0. The smallest absolute Gasteiger partial charge is 0.220 e. The molecule has 0 saturated carbocycles. The minimum atomic E-state index is -0.184. The van der Waals surface area contributed by atoms with E-state index in [4.69, 9.17) is 10.7 Å². The molecule has 3 rings (SSSR count). The van der Waals surface area contributed by atoms with Crippen molar-refractivity contribution >= 4 is 17.7 Å². The summed E-state index contributed by atoms with van der Waals surface area (Å²) < 4.78 is 0. The van der Waals surface area contributed by atoms with Gasteiger partial charge in [0.25, 0.3) is 0 Å². The molecule has 0 aliphatic carbocycles. The molecule has 26 heavy (non-hydrogen) atoms. The largest absolute Gasteiger partial charge is 0.369 e. The first kappa shape index (κ1) is 18.5. The molecule has 2 fully saturated rings. The van der Waals surface area contributed by atoms with Gasteiger partial charge in [-0.3, -0.25) is 4.79 Å². The predicted octanol–water partition coefficient (Wildman–Crippen LogP) is 1.34. The monoisotopic (exact) mass is 358 g/mol. The van der Waals surface area contributed by atoms with Crippen molar-refractivity contribution in [2.45, 2.75) is 39.2 Å². The number of guanidine groups is 1. The number of aliphatic imine (C=N–C) groups is 1. The SMILES string of the molecule is CCNC(=NCc1cccnc1N1CCC(C(N)=O)CC1)N1CCCC1. The molecule has 0 aromatic carbocycles. The van der Waals surface area contributed by atoms with Crippen LogP contribution in [0.2, 0.25) is 0 Å². The molecule has 3 heterocycles. The zero-order valence-electron chi connectivity index (χ0n) is 15.7. The van der Waals surface area contributed by atoms with Crippen LogP contribution in [-0.2, 0) is 11.3 Å². The Hall–Kier alpha value is -2.31. The quantitative estimate of drug-likeness (QED) is 0.613. The second-order valence-corrected chi connectivity index (χ2v) is 7.01. The molecule has 7 nitrogen and oxygen atoms in total. The number of hydrogen-bond acceptors (Lipinski definition) is 4. The first-order valence-electron chi connectivity index (χ1n) is 9.70. The number of aromatic nitrogens is 1. The van der Waals surface area contributed by atoms with E-state index in [9.17, 15) is 4.79 Å². The van der Waals surface area contributed by atoms with E-state index < -0.39 is 0 Å². The molecule has 1 amide bonds. The molecule has 0 atom stereocenters. The van der Waals surface area contributed by atoms with Crippen molar-refractivity contribution in [1.82, 2.24) is 15.2 Å². The first-order chi connectivity index (χ1) is 12.7. The first-order valence-corrected chi connectivity index (χ1v) is 9.70. The number of carbonyl (C=O) groups is 1. The Morgan fingerprint density at radius 2 is 2.04 bits per heavy atom. The van der Waals surface area contributed by atoms with Crippen LogP contribution in [0.3, 0.4) is 0 Å². The number of rotatable bonds is 5. The summed E-state index contributed by atoms with van der Waals surface area (Å²) in [6, 6.07) is 4.06. The van der Waals surface area contributed by atoms with Gasteiger partial charge >= 0.3 is 0 Å². The van der Waals surface area contributed by atoms with Crippen molar-refractivity contribution in [3.63, 3.8) is 0 Å². The standard InChI is InChI=1S/C19H30N6O/c1-2-21-19(25-10-3-4-11-25)23-14-16-6-5-9-22-18(16)24-12-7-15(8-13-24)17(20)26/h5-6,9,15H,2-4,7-8,10-14H2,1H3,(H2,20,26)(H,21,23). The number of nitrogens with zero attached hydrogens (tertiary/aromatic N) is 4. The maximum atomic E-state index is 11.4. The van der Waals surface area contributed by atoms with Crippen molar-refractivity contribution < 1.29 is 4.79 Å². The minimum Gasteiger partial charge on any atom is -0.369 e. The Bertz CT molecular complexity index is 633. The van der Waals surface area contributed by atoms with Crippen molar-refractivity contribution in [3.05, 3.63) is 23.9 Å². The Kier molecular flexibility index (Phi) is 6.30. The van der Waals surface area contributed by atoms with Crippen molar-refractivity contribution in [2.24, 2.45) is 16.6 Å². The number of hydrogen-bond donors (Lipinski definition) is 2. The Labute approximate surface area is 155 Å². The van der Waals surface area contributed by atoms with Crippen LogP contribution in [0.15, 0.2) is 23.3 Å². The summed E-state index contributed by atoms with van der Waals surface area (Å²) in [7, 11) is 0. The molecule has 0 unspecified atom stereocenters. The van der Waals surface area contributed by atoms with Crippen LogP contribution in [-0.4, -0.2) is 54.5 Å². The number of nitrogens with one attached hydrogen (secondary N) is 1. The lowest BCUT2D eigenvalue weighted by molar-refractivity contribution is -0.122. The van der Waals surface area contributed by atoms with Gasteiger partial charge in [0.1, 0.15) is 5.82 Å². The highest BCUT2D eigenvalue weighted by Gasteiger charge is 2.25. The minimum absolute atomic E-state index is 0.00745. The molecule has 1 aromatic heterocycles. The average Bonchev–Trinajstić information content (AvgIpc) is 3.20. The van der Waals surface area contributed by atoms with Gasteiger partial charge < -0.3 is 20.9 Å². The number of pyridine rings is 1. The second kappa shape index (κ2) is 8.87. The van der Waals surface area contributed by atoms with E-state index in [2.05, 4.69) is 33.1 Å². The number of carbonyl (C=O) groups excluding carboxylic acids is 1. The molecule has 2 saturated heterocycles. The van der Waals surface area contributed by atoms with Crippen LogP contribution >= 0.6 is 0 Å². The molecular weight excluding hydrogens is 328 g/mol. The topological polar surface area (TPSA) is 86.9 Å². The van der Waals surface area contributed by atoms with Crippen LogP contribution in [0.25, 0.3) is 0 Å². The zero-order valence-corrected chi connectivity index (χ0v) is 15.7. The molecule has 0 radical (unpaired) electrons. The van der Waals surface area contributed by atoms with Crippen molar-refractivity contribution in [1.29, 1.82) is 0 Å². The van der Waals surface area contributed by atoms with Crippen LogP contribution in [0.4, 0.5) is 5.82 Å². The van der Waals surface area contributed by atoms with Crippen LogP contribution in [0.1, 0.15) is 38.2 Å². The number of amides is 1. The van der Waals surface area contributed by atoms with E-state index in [0.717, 1.165) is 62.9 Å². The fourth-order valence-electron chi connectivity index (χ4n) is 3.73. The Morgan fingerprint density at radius 1 is 1.31 bits per heavy atom. The van der Waals surface area contributed by atoms with Crippen LogP contribution in [0, 0.1) is 5.92 Å². The Balaban J connectivity index is 1.70. The summed E-state index contributed by atoms with van der Waals surface area (Å²) in [5, 5.41) is 3.40. The predicted molar refractivity (Wildman–Crippen MR) is 104 cm³/mol. The van der Waals surface area contributed by atoms with E-state index in [0.29, 0.717) is 6.54 Å². The second-order valence-electron chi connectivity index (χ2n) is 7.01. The molecule has 0 spiro atoms. The fourth-order valence-corrected chi connectivity index (χ4v) is 3.73. The number of likely N-dealkylation sites (tertiary alicyclic amines) is 1. The molecule has 3 N–H and O–H groups in total. The third kappa shape index (κ3) is 4.45. The highest BCUT2D eigenvalue weighted by atomic mass is 16.1. The van der Waals surface area contributed by atoms with Gasteiger partial charge in [0.15, 0.2) is 5.96 Å². The maximum absolute atomic E-state index is 11.4. The number of anilines is 1. The maximum Gasteiger partial charge on any atom is 0.220 e. The zero-order chi connectivity index (χ0) is 18.4. The van der Waals surface area contributed by atoms with Gasteiger partial charge in [-0.2, -0.15) is 0 Å².